The maximum Gasteiger partial charge on any atom is -0.0276 e. The van der Waals surface area contributed by atoms with Gasteiger partial charge < -0.3 is 0 Å². The molecule has 1 rings (SSSR count). The van der Waals surface area contributed by atoms with Gasteiger partial charge in [0, 0.05) is 0 Å². The Morgan fingerprint density at radius 1 is 1.14 bits per heavy atom. The molecule has 1 aromatic rings. The van der Waals surface area contributed by atoms with Gasteiger partial charge in [-0.15, -0.1) is 0 Å². The van der Waals surface area contributed by atoms with Crippen molar-refractivity contribution in [2.45, 2.75) is 39.0 Å². The summed E-state index contributed by atoms with van der Waals surface area (Å²) in [5.41, 5.74) is 2.85. The van der Waals surface area contributed by atoms with Crippen molar-refractivity contribution in [3.05, 3.63) is 48.0 Å². The molecule has 0 nitrogen and oxygen atoms in total. The number of benzene rings is 1. The minimum absolute atomic E-state index is 1.18. The van der Waals surface area contributed by atoms with E-state index in [-0.39, 0.29) is 0 Å². The normalized spacial score (nSPS) is 10.1. The highest BCUT2D eigenvalue weighted by Gasteiger charge is 1.95. The van der Waals surface area contributed by atoms with E-state index in [1.54, 1.807) is 0 Å². The predicted octanol–water partition coefficient (Wildman–Crippen LogP) is 4.37. The van der Waals surface area contributed by atoms with Crippen molar-refractivity contribution in [1.29, 1.82) is 0 Å². The Balaban J connectivity index is 2.19. The monoisotopic (exact) mass is 188 g/mol. The van der Waals surface area contributed by atoms with Gasteiger partial charge in [0.15, 0.2) is 0 Å². The summed E-state index contributed by atoms with van der Waals surface area (Å²) in [6.07, 6.45) is 6.02. The molecular formula is C14H20. The molecule has 0 aliphatic carbocycles. The van der Waals surface area contributed by atoms with E-state index in [1.807, 2.05) is 0 Å². The Morgan fingerprint density at radius 2 is 1.86 bits per heavy atom. The van der Waals surface area contributed by atoms with Crippen LogP contribution in [0.4, 0.5) is 0 Å². The third kappa shape index (κ3) is 4.27. The molecule has 0 amide bonds. The van der Waals surface area contributed by atoms with E-state index in [2.05, 4.69) is 43.8 Å². The van der Waals surface area contributed by atoms with Gasteiger partial charge in [-0.3, -0.25) is 0 Å². The van der Waals surface area contributed by atoms with E-state index in [0.29, 0.717) is 0 Å². The lowest BCUT2D eigenvalue weighted by Gasteiger charge is -2.03. The second kappa shape index (κ2) is 6.42. The molecule has 76 valence electrons. The van der Waals surface area contributed by atoms with Crippen LogP contribution >= 0.6 is 0 Å². The lowest BCUT2D eigenvalue weighted by atomic mass is 10.0. The zero-order valence-corrected chi connectivity index (χ0v) is 9.13. The van der Waals surface area contributed by atoms with E-state index in [0.717, 1.165) is 0 Å². The first-order valence-electron chi connectivity index (χ1n) is 5.53. The van der Waals surface area contributed by atoms with Gasteiger partial charge in [-0.1, -0.05) is 55.8 Å². The molecule has 0 N–H and O–H groups in total. The van der Waals surface area contributed by atoms with E-state index in [9.17, 15) is 0 Å². The SMILES string of the molecule is C=C(CCC)CCCc1ccccc1. The molecule has 0 radical (unpaired) electrons. The van der Waals surface area contributed by atoms with E-state index >= 15 is 0 Å². The van der Waals surface area contributed by atoms with Gasteiger partial charge >= 0.3 is 0 Å². The van der Waals surface area contributed by atoms with Crippen LogP contribution < -0.4 is 0 Å². The molecule has 0 aliphatic heterocycles. The van der Waals surface area contributed by atoms with Crippen LogP contribution in [0.25, 0.3) is 0 Å². The van der Waals surface area contributed by atoms with E-state index in [4.69, 9.17) is 0 Å². The van der Waals surface area contributed by atoms with Crippen molar-refractivity contribution in [3.63, 3.8) is 0 Å². The van der Waals surface area contributed by atoms with E-state index in [1.165, 1.54) is 43.2 Å². The van der Waals surface area contributed by atoms with Gasteiger partial charge in [0.25, 0.3) is 0 Å². The van der Waals surface area contributed by atoms with Gasteiger partial charge in [-0.2, -0.15) is 0 Å². The average molecular weight is 188 g/mol. The molecule has 0 heterocycles. The highest BCUT2D eigenvalue weighted by Crippen LogP contribution is 2.12. The molecule has 0 unspecified atom stereocenters. The molecule has 0 bridgehead atoms. The summed E-state index contributed by atoms with van der Waals surface area (Å²) in [6, 6.07) is 10.7. The Labute approximate surface area is 87.7 Å². The van der Waals surface area contributed by atoms with Crippen LogP contribution in [0.15, 0.2) is 42.5 Å². The molecule has 14 heavy (non-hydrogen) atoms. The van der Waals surface area contributed by atoms with Crippen molar-refractivity contribution in [2.75, 3.05) is 0 Å². The van der Waals surface area contributed by atoms with Crippen LogP contribution in [0.3, 0.4) is 0 Å². The highest BCUT2D eigenvalue weighted by molar-refractivity contribution is 5.14. The van der Waals surface area contributed by atoms with Gasteiger partial charge in [0.05, 0.1) is 0 Å². The third-order valence-electron chi connectivity index (χ3n) is 2.44. The topological polar surface area (TPSA) is 0 Å². The van der Waals surface area contributed by atoms with E-state index < -0.39 is 0 Å². The largest absolute Gasteiger partial charge is 0.0999 e. The fourth-order valence-corrected chi connectivity index (χ4v) is 1.67. The number of aryl methyl sites for hydroxylation is 1. The number of hydrogen-bond acceptors (Lipinski definition) is 0. The molecule has 0 aliphatic rings. The lowest BCUT2D eigenvalue weighted by molar-refractivity contribution is 0.761. The first kappa shape index (κ1) is 11.0. The minimum atomic E-state index is 1.18. The lowest BCUT2D eigenvalue weighted by Crippen LogP contribution is -1.87. The fraction of sp³-hybridized carbons (Fsp3) is 0.429. The second-order valence-electron chi connectivity index (χ2n) is 3.84. The van der Waals surface area contributed by atoms with Crippen LogP contribution in [0.2, 0.25) is 0 Å². The maximum atomic E-state index is 4.08. The Kier molecular flexibility index (Phi) is 5.06. The summed E-state index contributed by atoms with van der Waals surface area (Å²) >= 11 is 0. The molecular weight excluding hydrogens is 168 g/mol. The molecule has 0 heteroatoms. The molecule has 0 saturated heterocycles. The fourth-order valence-electron chi connectivity index (χ4n) is 1.67. The number of hydrogen-bond donors (Lipinski definition) is 0. The molecule has 0 spiro atoms. The van der Waals surface area contributed by atoms with Crippen LogP contribution in [0, 0.1) is 0 Å². The molecule has 0 aromatic heterocycles. The van der Waals surface area contributed by atoms with Crippen molar-refractivity contribution >= 4 is 0 Å². The van der Waals surface area contributed by atoms with Gasteiger partial charge in [-0.05, 0) is 31.2 Å². The van der Waals surface area contributed by atoms with Crippen molar-refractivity contribution in [3.8, 4) is 0 Å². The summed E-state index contributed by atoms with van der Waals surface area (Å²) in [7, 11) is 0. The van der Waals surface area contributed by atoms with Crippen molar-refractivity contribution in [2.24, 2.45) is 0 Å². The van der Waals surface area contributed by atoms with Crippen LogP contribution in [0.5, 0.6) is 0 Å². The minimum Gasteiger partial charge on any atom is -0.0999 e. The summed E-state index contributed by atoms with van der Waals surface area (Å²) in [5, 5.41) is 0. The summed E-state index contributed by atoms with van der Waals surface area (Å²) in [6.45, 7) is 6.29. The smallest absolute Gasteiger partial charge is 0.0276 e. The van der Waals surface area contributed by atoms with Gasteiger partial charge in [0.1, 0.15) is 0 Å². The summed E-state index contributed by atoms with van der Waals surface area (Å²) in [5.74, 6) is 0. The first-order chi connectivity index (χ1) is 6.83. The van der Waals surface area contributed by atoms with Crippen molar-refractivity contribution < 1.29 is 0 Å². The second-order valence-corrected chi connectivity index (χ2v) is 3.84. The predicted molar refractivity (Wildman–Crippen MR) is 63.4 cm³/mol. The zero-order chi connectivity index (χ0) is 10.2. The van der Waals surface area contributed by atoms with Crippen LogP contribution in [-0.4, -0.2) is 0 Å². The van der Waals surface area contributed by atoms with Crippen LogP contribution in [-0.2, 0) is 6.42 Å². The zero-order valence-electron chi connectivity index (χ0n) is 9.13. The molecule has 0 atom stereocenters. The number of rotatable bonds is 6. The molecule has 0 saturated carbocycles. The van der Waals surface area contributed by atoms with Crippen molar-refractivity contribution in [1.82, 2.24) is 0 Å². The Bertz CT molecular complexity index is 259. The number of allylic oxidation sites excluding steroid dienone is 1. The average Bonchev–Trinajstić information content (AvgIpc) is 2.20. The van der Waals surface area contributed by atoms with Gasteiger partial charge in [-0.25, -0.2) is 0 Å². The van der Waals surface area contributed by atoms with Gasteiger partial charge in [0.2, 0.25) is 0 Å². The molecule has 1 aromatic carbocycles. The Hall–Kier alpha value is -1.04. The van der Waals surface area contributed by atoms with Crippen LogP contribution in [0.1, 0.15) is 38.2 Å². The summed E-state index contributed by atoms with van der Waals surface area (Å²) in [4.78, 5) is 0. The summed E-state index contributed by atoms with van der Waals surface area (Å²) < 4.78 is 0. The standard InChI is InChI=1S/C14H20/c1-3-8-13(2)9-7-12-14-10-5-4-6-11-14/h4-6,10-11H,2-3,7-9,12H2,1H3. The first-order valence-corrected chi connectivity index (χ1v) is 5.53. The quantitative estimate of drug-likeness (QED) is 0.582. The molecule has 0 fully saturated rings. The third-order valence-corrected chi connectivity index (χ3v) is 2.44. The maximum absolute atomic E-state index is 4.08. The highest BCUT2D eigenvalue weighted by atomic mass is 14.0. The Morgan fingerprint density at radius 3 is 2.50 bits per heavy atom.